The second-order valence-electron chi connectivity index (χ2n) is 3.83. The van der Waals surface area contributed by atoms with Crippen LogP contribution >= 0.6 is 0 Å². The van der Waals surface area contributed by atoms with Crippen LogP contribution in [0.1, 0.15) is 6.92 Å². The van der Waals surface area contributed by atoms with Gasteiger partial charge < -0.3 is 30.5 Å². The monoisotopic (exact) mass is 235 g/mol. The van der Waals surface area contributed by atoms with Crippen molar-refractivity contribution in [3.63, 3.8) is 0 Å². The fourth-order valence-corrected chi connectivity index (χ4v) is 1.64. The van der Waals surface area contributed by atoms with E-state index in [1.165, 1.54) is 6.92 Å². The molecule has 16 heavy (non-hydrogen) atoms. The highest BCUT2D eigenvalue weighted by Gasteiger charge is 2.43. The number of carbonyl (C=O) groups excluding carboxylic acids is 1. The van der Waals surface area contributed by atoms with Crippen molar-refractivity contribution in [1.82, 2.24) is 5.32 Å². The van der Waals surface area contributed by atoms with Gasteiger partial charge in [-0.3, -0.25) is 4.79 Å². The molecule has 1 unspecified atom stereocenters. The number of nitrogens with one attached hydrogen (secondary N) is 1. The summed E-state index contributed by atoms with van der Waals surface area (Å²) in [5.74, 6) is -1.13. The van der Waals surface area contributed by atoms with E-state index in [0.717, 1.165) is 0 Å². The summed E-state index contributed by atoms with van der Waals surface area (Å²) in [6.07, 6.45) is -4.89. The first-order valence-electron chi connectivity index (χ1n) is 5.02. The first kappa shape index (κ1) is 13.3. The third-order valence-corrected chi connectivity index (χ3v) is 2.62. The highest BCUT2D eigenvalue weighted by molar-refractivity contribution is 5.72. The Hall–Kier alpha value is -0.730. The minimum absolute atomic E-state index is 0.00707. The zero-order valence-electron chi connectivity index (χ0n) is 8.91. The van der Waals surface area contributed by atoms with E-state index >= 15 is 0 Å². The Morgan fingerprint density at radius 2 is 1.94 bits per heavy atom. The van der Waals surface area contributed by atoms with Crippen molar-refractivity contribution in [1.29, 1.82) is 0 Å². The smallest absolute Gasteiger partial charge is 0.216 e. The molecule has 5 N–H and O–H groups in total. The Kier molecular flexibility index (Phi) is 4.63. The number of ether oxygens (including phenoxy) is 1. The van der Waals surface area contributed by atoms with Gasteiger partial charge in [-0.15, -0.1) is 0 Å². The van der Waals surface area contributed by atoms with Crippen molar-refractivity contribution >= 4 is 5.91 Å². The molecule has 94 valence electrons. The molecular weight excluding hydrogens is 218 g/mol. The first-order valence-corrected chi connectivity index (χ1v) is 5.02. The molecule has 0 aromatic carbocycles. The van der Waals surface area contributed by atoms with Crippen LogP contribution in [0.5, 0.6) is 0 Å². The molecule has 1 aliphatic rings. The lowest BCUT2D eigenvalue weighted by Crippen LogP contribution is -2.58. The van der Waals surface area contributed by atoms with Gasteiger partial charge in [0, 0.05) is 13.5 Å². The predicted molar refractivity (Wildman–Crippen MR) is 52.2 cm³/mol. The van der Waals surface area contributed by atoms with E-state index in [2.05, 4.69) is 5.32 Å². The van der Waals surface area contributed by atoms with Crippen molar-refractivity contribution < 1.29 is 30.0 Å². The van der Waals surface area contributed by atoms with E-state index in [1.54, 1.807) is 0 Å². The summed E-state index contributed by atoms with van der Waals surface area (Å²) in [4.78, 5) is 10.7. The van der Waals surface area contributed by atoms with E-state index in [1.807, 2.05) is 0 Å². The molecule has 1 rings (SSSR count). The van der Waals surface area contributed by atoms with Crippen LogP contribution in [0, 0.1) is 5.92 Å². The zero-order chi connectivity index (χ0) is 12.3. The van der Waals surface area contributed by atoms with Crippen LogP contribution in [0.2, 0.25) is 0 Å². The van der Waals surface area contributed by atoms with Gasteiger partial charge in [0.2, 0.25) is 5.91 Å². The highest BCUT2D eigenvalue weighted by Crippen LogP contribution is 2.24. The summed E-state index contributed by atoms with van der Waals surface area (Å²) in [6, 6.07) is 0. The molecule has 1 saturated heterocycles. The van der Waals surface area contributed by atoms with Crippen molar-refractivity contribution in [3.8, 4) is 0 Å². The fourth-order valence-electron chi connectivity index (χ4n) is 1.64. The van der Waals surface area contributed by atoms with Crippen molar-refractivity contribution in [2.24, 2.45) is 5.92 Å². The standard InChI is InChI=1S/C9H17NO6/c1-4(12)10-2-5-7(13)8(14)6(3-11)16-9(5)15/h5-9,11,13-15H,2-3H2,1H3,(H,10,12)/t5-,6-,7-,8+,9?/m1/s1. The molecule has 1 heterocycles. The van der Waals surface area contributed by atoms with Crippen LogP contribution < -0.4 is 5.32 Å². The van der Waals surface area contributed by atoms with E-state index in [9.17, 15) is 20.1 Å². The third kappa shape index (κ3) is 2.89. The average molecular weight is 235 g/mol. The van der Waals surface area contributed by atoms with Crippen LogP contribution in [0.4, 0.5) is 0 Å². The summed E-state index contributed by atoms with van der Waals surface area (Å²) in [7, 11) is 0. The maximum absolute atomic E-state index is 10.7. The van der Waals surface area contributed by atoms with E-state index < -0.39 is 37.1 Å². The van der Waals surface area contributed by atoms with Crippen LogP contribution in [0.25, 0.3) is 0 Å². The largest absolute Gasteiger partial charge is 0.394 e. The molecule has 1 aliphatic heterocycles. The second-order valence-corrected chi connectivity index (χ2v) is 3.83. The van der Waals surface area contributed by atoms with Gasteiger partial charge >= 0.3 is 0 Å². The molecule has 0 aromatic heterocycles. The summed E-state index contributed by atoms with van der Waals surface area (Å²) in [6.45, 7) is 0.796. The highest BCUT2D eigenvalue weighted by atomic mass is 16.6. The van der Waals surface area contributed by atoms with Crippen molar-refractivity contribution in [2.45, 2.75) is 31.5 Å². The molecule has 0 spiro atoms. The minimum Gasteiger partial charge on any atom is -0.394 e. The Morgan fingerprint density at radius 1 is 1.31 bits per heavy atom. The summed E-state index contributed by atoms with van der Waals surface area (Å²) in [5, 5.41) is 40.0. The van der Waals surface area contributed by atoms with Crippen molar-refractivity contribution in [2.75, 3.05) is 13.2 Å². The Bertz CT molecular complexity index is 248. The third-order valence-electron chi connectivity index (χ3n) is 2.62. The molecule has 1 fully saturated rings. The number of amides is 1. The maximum Gasteiger partial charge on any atom is 0.216 e. The summed E-state index contributed by atoms with van der Waals surface area (Å²) < 4.78 is 4.91. The maximum atomic E-state index is 10.7. The topological polar surface area (TPSA) is 119 Å². The van der Waals surface area contributed by atoms with Crippen LogP contribution in [0.3, 0.4) is 0 Å². The molecule has 7 heteroatoms. The molecule has 0 saturated carbocycles. The number of carbonyl (C=O) groups is 1. The average Bonchev–Trinajstić information content (AvgIpc) is 2.22. The predicted octanol–water partition coefficient (Wildman–Crippen LogP) is -2.83. The lowest BCUT2D eigenvalue weighted by Gasteiger charge is -2.40. The molecule has 7 nitrogen and oxygen atoms in total. The number of hydrogen-bond donors (Lipinski definition) is 5. The molecule has 0 aliphatic carbocycles. The van der Waals surface area contributed by atoms with E-state index in [4.69, 9.17) is 9.84 Å². The normalized spacial score (nSPS) is 39.4. The molecule has 0 aromatic rings. The molecule has 0 radical (unpaired) electrons. The second kappa shape index (κ2) is 5.55. The van der Waals surface area contributed by atoms with E-state index in [0.29, 0.717) is 0 Å². The Balaban J connectivity index is 2.60. The summed E-state index contributed by atoms with van der Waals surface area (Å²) in [5.41, 5.74) is 0. The van der Waals surface area contributed by atoms with Gasteiger partial charge in [0.25, 0.3) is 0 Å². The molecule has 0 bridgehead atoms. The van der Waals surface area contributed by atoms with Crippen LogP contribution in [0.15, 0.2) is 0 Å². The van der Waals surface area contributed by atoms with Gasteiger partial charge in [0.05, 0.1) is 18.6 Å². The number of aliphatic hydroxyl groups excluding tert-OH is 4. The number of hydrogen-bond acceptors (Lipinski definition) is 6. The van der Waals surface area contributed by atoms with Gasteiger partial charge in [-0.05, 0) is 0 Å². The SMILES string of the molecule is CC(=O)NC[C@H]1C(O)O[C@H](CO)[C@H](O)[C@@H]1O. The lowest BCUT2D eigenvalue weighted by molar-refractivity contribution is -0.268. The van der Waals surface area contributed by atoms with Gasteiger partial charge in [0.15, 0.2) is 6.29 Å². The van der Waals surface area contributed by atoms with E-state index in [-0.39, 0.29) is 12.5 Å². The van der Waals surface area contributed by atoms with Crippen LogP contribution in [-0.4, -0.2) is 64.1 Å². The number of aliphatic hydroxyl groups is 4. The Labute approximate surface area is 92.7 Å². The van der Waals surface area contributed by atoms with Gasteiger partial charge in [-0.2, -0.15) is 0 Å². The van der Waals surface area contributed by atoms with Crippen LogP contribution in [-0.2, 0) is 9.53 Å². The lowest BCUT2D eigenvalue weighted by atomic mass is 9.91. The number of rotatable bonds is 3. The minimum atomic E-state index is -1.33. The summed E-state index contributed by atoms with van der Waals surface area (Å²) >= 11 is 0. The quantitative estimate of drug-likeness (QED) is 0.360. The first-order chi connectivity index (χ1) is 7.47. The van der Waals surface area contributed by atoms with Gasteiger partial charge in [-0.1, -0.05) is 0 Å². The molecule has 5 atom stereocenters. The van der Waals surface area contributed by atoms with Gasteiger partial charge in [-0.25, -0.2) is 0 Å². The molecular formula is C9H17NO6. The van der Waals surface area contributed by atoms with Gasteiger partial charge in [0.1, 0.15) is 12.2 Å². The fraction of sp³-hybridized carbons (Fsp3) is 0.889. The molecule has 1 amide bonds. The zero-order valence-corrected chi connectivity index (χ0v) is 8.91. The van der Waals surface area contributed by atoms with Crippen molar-refractivity contribution in [3.05, 3.63) is 0 Å². The Morgan fingerprint density at radius 3 is 2.44 bits per heavy atom.